The highest BCUT2D eigenvalue weighted by atomic mass is 16.6. The molecule has 20 heavy (non-hydrogen) atoms. The van der Waals surface area contributed by atoms with Gasteiger partial charge < -0.3 is 14.4 Å². The maximum atomic E-state index is 12.6. The van der Waals surface area contributed by atoms with Crippen LogP contribution in [0, 0.1) is 0 Å². The molecule has 0 radical (unpaired) electrons. The Morgan fingerprint density at radius 3 is 3.05 bits per heavy atom. The van der Waals surface area contributed by atoms with Gasteiger partial charge in [-0.2, -0.15) is 5.10 Å². The molecule has 0 unspecified atom stereocenters. The highest BCUT2D eigenvalue weighted by Crippen LogP contribution is 2.36. The lowest BCUT2D eigenvalue weighted by molar-refractivity contribution is -0.137. The molecule has 0 N–H and O–H groups in total. The van der Waals surface area contributed by atoms with Crippen molar-refractivity contribution in [2.75, 3.05) is 26.8 Å². The second kappa shape index (κ2) is 5.18. The molecule has 6 heteroatoms. The summed E-state index contributed by atoms with van der Waals surface area (Å²) in [5.74, 6) is 0.0226. The van der Waals surface area contributed by atoms with Crippen LogP contribution < -0.4 is 0 Å². The predicted octanol–water partition coefficient (Wildman–Crippen LogP) is 0.830. The number of aromatic nitrogens is 2. The first-order valence-corrected chi connectivity index (χ1v) is 7.10. The van der Waals surface area contributed by atoms with E-state index in [1.165, 1.54) is 0 Å². The number of ether oxygens (including phenoxy) is 2. The van der Waals surface area contributed by atoms with Gasteiger partial charge in [-0.25, -0.2) is 0 Å². The summed E-state index contributed by atoms with van der Waals surface area (Å²) in [5, 5.41) is 4.07. The van der Waals surface area contributed by atoms with E-state index in [2.05, 4.69) is 5.10 Å². The second-order valence-electron chi connectivity index (χ2n) is 5.60. The van der Waals surface area contributed by atoms with E-state index < -0.39 is 0 Å². The van der Waals surface area contributed by atoms with E-state index in [4.69, 9.17) is 9.47 Å². The van der Waals surface area contributed by atoms with E-state index in [9.17, 15) is 4.79 Å². The van der Waals surface area contributed by atoms with Crippen LogP contribution in [0.4, 0.5) is 0 Å². The number of aryl methyl sites for hydroxylation is 1. The average Bonchev–Trinajstić information content (AvgIpc) is 3.08. The molecule has 2 fully saturated rings. The monoisotopic (exact) mass is 279 g/mol. The highest BCUT2D eigenvalue weighted by Gasteiger charge is 2.48. The molecular formula is C14H21N3O3. The Bertz CT molecular complexity index is 494. The molecule has 0 bridgehead atoms. The summed E-state index contributed by atoms with van der Waals surface area (Å²) in [6, 6.07) is 1.76. The van der Waals surface area contributed by atoms with Crippen molar-refractivity contribution in [2.45, 2.75) is 31.0 Å². The Kier molecular flexibility index (Phi) is 3.52. The van der Waals surface area contributed by atoms with Gasteiger partial charge in [-0.3, -0.25) is 9.48 Å². The Morgan fingerprint density at radius 1 is 1.60 bits per heavy atom. The first-order chi connectivity index (χ1) is 9.66. The maximum Gasteiger partial charge on any atom is 0.272 e. The van der Waals surface area contributed by atoms with Gasteiger partial charge in [-0.15, -0.1) is 0 Å². The van der Waals surface area contributed by atoms with Gasteiger partial charge in [0.25, 0.3) is 5.91 Å². The molecule has 2 aliphatic rings. The molecule has 1 aromatic rings. The number of likely N-dealkylation sites (tertiary alicyclic amines) is 1. The van der Waals surface area contributed by atoms with Crippen LogP contribution in [0.2, 0.25) is 0 Å². The first-order valence-electron chi connectivity index (χ1n) is 7.10. The minimum absolute atomic E-state index is 0.0226. The topological polar surface area (TPSA) is 56.6 Å². The van der Waals surface area contributed by atoms with Crippen LogP contribution >= 0.6 is 0 Å². The zero-order chi connectivity index (χ0) is 14.2. The van der Waals surface area contributed by atoms with Crippen LogP contribution in [0.25, 0.3) is 0 Å². The third kappa shape index (κ3) is 2.13. The van der Waals surface area contributed by atoms with E-state index in [-0.39, 0.29) is 17.6 Å². The van der Waals surface area contributed by atoms with Crippen LogP contribution in [0.5, 0.6) is 0 Å². The van der Waals surface area contributed by atoms with Gasteiger partial charge in [0.1, 0.15) is 11.3 Å². The van der Waals surface area contributed by atoms with Crippen LogP contribution in [-0.2, 0) is 16.5 Å². The Morgan fingerprint density at radius 2 is 2.45 bits per heavy atom. The largest absolute Gasteiger partial charge is 0.378 e. The quantitative estimate of drug-likeness (QED) is 0.804. The number of amides is 1. The van der Waals surface area contributed by atoms with Crippen LogP contribution in [0.3, 0.4) is 0 Å². The van der Waals surface area contributed by atoms with Gasteiger partial charge in [0.2, 0.25) is 0 Å². The number of hydrogen-bond donors (Lipinski definition) is 0. The molecule has 2 saturated heterocycles. The molecule has 6 nitrogen and oxygen atoms in total. The van der Waals surface area contributed by atoms with Crippen molar-refractivity contribution in [3.8, 4) is 0 Å². The summed E-state index contributed by atoms with van der Waals surface area (Å²) in [5.41, 5.74) is 0.301. The van der Waals surface area contributed by atoms with Gasteiger partial charge in [0, 0.05) is 33.5 Å². The predicted molar refractivity (Wildman–Crippen MR) is 72.4 cm³/mol. The molecule has 3 heterocycles. The zero-order valence-electron chi connectivity index (χ0n) is 12.0. The molecule has 0 saturated carbocycles. The summed E-state index contributed by atoms with van der Waals surface area (Å²) in [7, 11) is 3.52. The van der Waals surface area contributed by atoms with Gasteiger partial charge in [-0.1, -0.05) is 0 Å². The fourth-order valence-corrected chi connectivity index (χ4v) is 3.39. The number of carbonyl (C=O) groups excluding carboxylic acids is 1. The molecule has 110 valence electrons. The molecule has 0 aromatic carbocycles. The third-order valence-electron chi connectivity index (χ3n) is 4.45. The smallest absolute Gasteiger partial charge is 0.272 e. The molecule has 1 spiro atoms. The lowest BCUT2D eigenvalue weighted by Gasteiger charge is -2.44. The fourth-order valence-electron chi connectivity index (χ4n) is 3.39. The Balaban J connectivity index is 1.79. The van der Waals surface area contributed by atoms with Crippen LogP contribution in [-0.4, -0.2) is 59.1 Å². The molecule has 0 aliphatic carbocycles. The van der Waals surface area contributed by atoms with E-state index >= 15 is 0 Å². The molecular weight excluding hydrogens is 258 g/mol. The van der Waals surface area contributed by atoms with Crippen LogP contribution in [0.1, 0.15) is 29.8 Å². The number of nitrogens with zero attached hydrogens (tertiary/aromatic N) is 3. The zero-order valence-corrected chi connectivity index (χ0v) is 12.0. The van der Waals surface area contributed by atoms with E-state index in [0.717, 1.165) is 25.9 Å². The normalized spacial score (nSPS) is 30.1. The lowest BCUT2D eigenvalue weighted by Crippen LogP contribution is -2.58. The molecule has 2 aliphatic heterocycles. The van der Waals surface area contributed by atoms with Crippen molar-refractivity contribution in [1.29, 1.82) is 0 Å². The maximum absolute atomic E-state index is 12.6. The van der Waals surface area contributed by atoms with Gasteiger partial charge in [-0.05, 0) is 25.3 Å². The van der Waals surface area contributed by atoms with Gasteiger partial charge in [0.15, 0.2) is 0 Å². The Hall–Kier alpha value is -1.40. The minimum atomic E-state index is -0.318. The van der Waals surface area contributed by atoms with Crippen LogP contribution in [0.15, 0.2) is 12.3 Å². The summed E-state index contributed by atoms with van der Waals surface area (Å²) >= 11 is 0. The fraction of sp³-hybridized carbons (Fsp3) is 0.714. The Labute approximate surface area is 118 Å². The van der Waals surface area contributed by atoms with Crippen molar-refractivity contribution in [2.24, 2.45) is 7.05 Å². The standard InChI is InChI=1S/C14H21N3O3/c1-16-11(4-7-15-16)13(18)17-8-5-12(19-2)14(10-17)6-3-9-20-14/h4,7,12H,3,5-6,8-10H2,1-2H3/t12-,14-/m0/s1. The number of piperidine rings is 1. The molecule has 1 aromatic heterocycles. The number of methoxy groups -OCH3 is 1. The molecule has 2 atom stereocenters. The van der Waals surface area contributed by atoms with E-state index in [1.54, 1.807) is 31.1 Å². The molecule has 3 rings (SSSR count). The second-order valence-corrected chi connectivity index (χ2v) is 5.60. The summed E-state index contributed by atoms with van der Waals surface area (Å²) in [6.45, 7) is 2.07. The van der Waals surface area contributed by atoms with Crippen molar-refractivity contribution < 1.29 is 14.3 Å². The van der Waals surface area contributed by atoms with Crippen molar-refractivity contribution in [3.05, 3.63) is 18.0 Å². The summed E-state index contributed by atoms with van der Waals surface area (Å²) in [6.07, 6.45) is 4.55. The highest BCUT2D eigenvalue weighted by molar-refractivity contribution is 5.92. The molecule has 1 amide bonds. The SMILES string of the molecule is CO[C@H]1CCN(C(=O)c2ccnn2C)C[C@@]12CCCO2. The lowest BCUT2D eigenvalue weighted by atomic mass is 9.86. The van der Waals surface area contributed by atoms with Crippen molar-refractivity contribution >= 4 is 5.91 Å². The van der Waals surface area contributed by atoms with Crippen molar-refractivity contribution in [3.63, 3.8) is 0 Å². The average molecular weight is 279 g/mol. The minimum Gasteiger partial charge on any atom is -0.378 e. The van der Waals surface area contributed by atoms with E-state index in [0.29, 0.717) is 18.8 Å². The van der Waals surface area contributed by atoms with Crippen molar-refractivity contribution in [1.82, 2.24) is 14.7 Å². The van der Waals surface area contributed by atoms with E-state index in [1.807, 2.05) is 4.90 Å². The summed E-state index contributed by atoms with van der Waals surface area (Å²) < 4.78 is 13.2. The van der Waals surface area contributed by atoms with Gasteiger partial charge >= 0.3 is 0 Å². The number of carbonyl (C=O) groups is 1. The first kappa shape index (κ1) is 13.6. The number of hydrogen-bond acceptors (Lipinski definition) is 4. The summed E-state index contributed by atoms with van der Waals surface area (Å²) in [4.78, 5) is 14.5. The number of rotatable bonds is 2. The van der Waals surface area contributed by atoms with Gasteiger partial charge in [0.05, 0.1) is 12.6 Å². The third-order valence-corrected chi connectivity index (χ3v) is 4.45.